The first kappa shape index (κ1) is 24.0. The van der Waals surface area contributed by atoms with E-state index in [1.165, 1.54) is 29.2 Å². The van der Waals surface area contributed by atoms with E-state index in [2.05, 4.69) is 0 Å². The third kappa shape index (κ3) is 4.75. The van der Waals surface area contributed by atoms with Gasteiger partial charge in [-0.3, -0.25) is 9.59 Å². The molecule has 1 aliphatic heterocycles. The normalized spacial score (nSPS) is 17.0. The number of aliphatic hydroxyl groups is 1. The summed E-state index contributed by atoms with van der Waals surface area (Å²) < 4.78 is 24.1. The van der Waals surface area contributed by atoms with Crippen LogP contribution in [0.4, 0.5) is 4.39 Å². The van der Waals surface area contributed by atoms with Gasteiger partial charge in [0.2, 0.25) is 0 Å². The largest absolute Gasteiger partial charge is 0.507 e. The van der Waals surface area contributed by atoms with Crippen LogP contribution in [-0.2, 0) is 16.0 Å². The molecule has 1 fully saturated rings. The summed E-state index contributed by atoms with van der Waals surface area (Å²) in [6, 6.07) is 17.3. The van der Waals surface area contributed by atoms with Crippen molar-refractivity contribution < 1.29 is 28.6 Å². The maximum atomic E-state index is 13.4. The summed E-state index contributed by atoms with van der Waals surface area (Å²) in [4.78, 5) is 27.7. The van der Waals surface area contributed by atoms with Gasteiger partial charge in [0.05, 0.1) is 25.8 Å². The number of carbonyl (C=O) groups is 2. The van der Waals surface area contributed by atoms with Crippen LogP contribution in [0.1, 0.15) is 28.3 Å². The predicted octanol–water partition coefficient (Wildman–Crippen LogP) is 4.82. The summed E-state index contributed by atoms with van der Waals surface area (Å²) in [7, 11) is 3.10. The number of ketones is 1. The number of aryl methyl sites for hydroxylation is 1. The van der Waals surface area contributed by atoms with Crippen LogP contribution in [0, 0.1) is 12.7 Å². The van der Waals surface area contributed by atoms with Gasteiger partial charge in [0.25, 0.3) is 11.7 Å². The molecule has 0 saturated carbocycles. The van der Waals surface area contributed by atoms with Gasteiger partial charge in [-0.25, -0.2) is 4.39 Å². The van der Waals surface area contributed by atoms with E-state index in [-0.39, 0.29) is 23.4 Å². The molecule has 0 aromatic heterocycles. The van der Waals surface area contributed by atoms with Gasteiger partial charge in [-0.05, 0) is 60.9 Å². The fourth-order valence-corrected chi connectivity index (χ4v) is 4.25. The van der Waals surface area contributed by atoms with Gasteiger partial charge in [0.1, 0.15) is 11.6 Å². The van der Waals surface area contributed by atoms with Crippen LogP contribution in [0.3, 0.4) is 0 Å². The average molecular weight is 476 g/mol. The lowest BCUT2D eigenvalue weighted by molar-refractivity contribution is -0.139. The zero-order valence-electron chi connectivity index (χ0n) is 19.7. The van der Waals surface area contributed by atoms with Crippen molar-refractivity contribution >= 4 is 17.4 Å². The van der Waals surface area contributed by atoms with E-state index in [1.54, 1.807) is 20.3 Å². The standard InChI is InChI=1S/C28H26FNO5/c1-17-4-7-19(8-5-17)25-24(26(31)20-9-11-21(29)12-10-20)27(32)28(33)30(25)15-14-18-6-13-22(34-2)23(16-18)35-3/h4-13,16,25,31H,14-15H2,1-3H3/b26-24+. The monoisotopic (exact) mass is 475 g/mol. The Hall–Kier alpha value is -4.13. The van der Waals surface area contributed by atoms with Crippen molar-refractivity contribution in [3.63, 3.8) is 0 Å². The maximum Gasteiger partial charge on any atom is 0.295 e. The molecular formula is C28H26FNO5. The molecule has 180 valence electrons. The number of hydrogen-bond donors (Lipinski definition) is 1. The highest BCUT2D eigenvalue weighted by atomic mass is 19.1. The molecule has 1 amide bonds. The van der Waals surface area contributed by atoms with Crippen molar-refractivity contribution in [2.45, 2.75) is 19.4 Å². The third-order valence-corrected chi connectivity index (χ3v) is 6.14. The second-order valence-electron chi connectivity index (χ2n) is 8.35. The Morgan fingerprint density at radius 2 is 1.60 bits per heavy atom. The highest BCUT2D eigenvalue weighted by Crippen LogP contribution is 2.39. The summed E-state index contributed by atoms with van der Waals surface area (Å²) in [5.41, 5.74) is 2.87. The van der Waals surface area contributed by atoms with Crippen LogP contribution >= 0.6 is 0 Å². The molecule has 0 radical (unpaired) electrons. The zero-order valence-corrected chi connectivity index (χ0v) is 19.7. The Morgan fingerprint density at radius 1 is 0.943 bits per heavy atom. The molecule has 1 heterocycles. The second-order valence-corrected chi connectivity index (χ2v) is 8.35. The van der Waals surface area contributed by atoms with Gasteiger partial charge < -0.3 is 19.5 Å². The number of amides is 1. The summed E-state index contributed by atoms with van der Waals surface area (Å²) in [6.07, 6.45) is 0.451. The summed E-state index contributed by atoms with van der Waals surface area (Å²) >= 11 is 0. The molecule has 4 rings (SSSR count). The third-order valence-electron chi connectivity index (χ3n) is 6.14. The predicted molar refractivity (Wildman–Crippen MR) is 130 cm³/mol. The summed E-state index contributed by atoms with van der Waals surface area (Å²) in [5, 5.41) is 11.0. The molecule has 1 saturated heterocycles. The molecule has 1 N–H and O–H groups in total. The van der Waals surface area contributed by atoms with E-state index < -0.39 is 23.5 Å². The number of methoxy groups -OCH3 is 2. The molecule has 7 heteroatoms. The molecule has 1 atom stereocenters. The number of rotatable bonds is 7. The van der Waals surface area contributed by atoms with Gasteiger partial charge >= 0.3 is 0 Å². The van der Waals surface area contributed by atoms with E-state index in [9.17, 15) is 19.1 Å². The summed E-state index contributed by atoms with van der Waals surface area (Å²) in [6.45, 7) is 2.18. The molecule has 35 heavy (non-hydrogen) atoms. The molecule has 1 unspecified atom stereocenters. The first-order valence-electron chi connectivity index (χ1n) is 11.2. The number of likely N-dealkylation sites (tertiary alicyclic amines) is 1. The zero-order chi connectivity index (χ0) is 25.1. The minimum absolute atomic E-state index is 0.0160. The van der Waals surface area contributed by atoms with Gasteiger partial charge in [-0.2, -0.15) is 0 Å². The molecule has 3 aromatic carbocycles. The first-order chi connectivity index (χ1) is 16.8. The molecular weight excluding hydrogens is 449 g/mol. The smallest absolute Gasteiger partial charge is 0.295 e. The maximum absolute atomic E-state index is 13.4. The molecule has 3 aromatic rings. The van der Waals surface area contributed by atoms with E-state index in [4.69, 9.17) is 9.47 Å². The van der Waals surface area contributed by atoms with E-state index in [0.717, 1.165) is 11.1 Å². The number of benzene rings is 3. The molecule has 1 aliphatic rings. The van der Waals surface area contributed by atoms with E-state index >= 15 is 0 Å². The van der Waals surface area contributed by atoms with Crippen molar-refractivity contribution in [2.75, 3.05) is 20.8 Å². The van der Waals surface area contributed by atoms with Gasteiger partial charge in [-0.1, -0.05) is 35.9 Å². The van der Waals surface area contributed by atoms with Crippen molar-refractivity contribution in [3.05, 3.63) is 100 Å². The van der Waals surface area contributed by atoms with Crippen molar-refractivity contribution in [1.29, 1.82) is 0 Å². The number of aliphatic hydroxyl groups excluding tert-OH is 1. The Kier molecular flexibility index (Phi) is 6.87. The van der Waals surface area contributed by atoms with Gasteiger partial charge in [0, 0.05) is 12.1 Å². The van der Waals surface area contributed by atoms with E-state index in [1.807, 2.05) is 43.3 Å². The Balaban J connectivity index is 1.73. The summed E-state index contributed by atoms with van der Waals surface area (Å²) in [5.74, 6) is -1.10. The number of Topliss-reactive ketones (excluding diaryl/α,β-unsaturated/α-hetero) is 1. The Labute approximate surface area is 203 Å². The second kappa shape index (κ2) is 10.0. The lowest BCUT2D eigenvalue weighted by atomic mass is 9.94. The number of hydrogen-bond acceptors (Lipinski definition) is 5. The molecule has 0 aliphatic carbocycles. The molecule has 6 nitrogen and oxygen atoms in total. The number of nitrogens with zero attached hydrogens (tertiary/aromatic N) is 1. The highest BCUT2D eigenvalue weighted by molar-refractivity contribution is 6.46. The fraction of sp³-hybridized carbons (Fsp3) is 0.214. The highest BCUT2D eigenvalue weighted by Gasteiger charge is 2.45. The SMILES string of the molecule is COc1ccc(CCN2C(=O)C(=O)/C(=C(/O)c3ccc(F)cc3)C2c2ccc(C)cc2)cc1OC. The van der Waals surface area contributed by atoms with Crippen LogP contribution in [0.25, 0.3) is 5.76 Å². The van der Waals surface area contributed by atoms with Crippen LogP contribution in [-0.4, -0.2) is 42.5 Å². The van der Waals surface area contributed by atoms with Crippen molar-refractivity contribution in [2.24, 2.45) is 0 Å². The Morgan fingerprint density at radius 3 is 2.23 bits per heavy atom. The van der Waals surface area contributed by atoms with Crippen LogP contribution in [0.2, 0.25) is 0 Å². The average Bonchev–Trinajstić information content (AvgIpc) is 3.12. The fourth-order valence-electron chi connectivity index (χ4n) is 4.25. The lowest BCUT2D eigenvalue weighted by Gasteiger charge is -2.25. The van der Waals surface area contributed by atoms with Gasteiger partial charge in [-0.15, -0.1) is 0 Å². The lowest BCUT2D eigenvalue weighted by Crippen LogP contribution is -2.31. The van der Waals surface area contributed by atoms with Crippen LogP contribution in [0.5, 0.6) is 11.5 Å². The minimum atomic E-state index is -0.777. The van der Waals surface area contributed by atoms with Crippen molar-refractivity contribution in [3.8, 4) is 11.5 Å². The van der Waals surface area contributed by atoms with Crippen LogP contribution < -0.4 is 9.47 Å². The minimum Gasteiger partial charge on any atom is -0.507 e. The van der Waals surface area contributed by atoms with Crippen LogP contribution in [0.15, 0.2) is 72.3 Å². The molecule has 0 bridgehead atoms. The topological polar surface area (TPSA) is 76.1 Å². The number of halogens is 1. The molecule has 0 spiro atoms. The number of ether oxygens (including phenoxy) is 2. The Bertz CT molecular complexity index is 1280. The number of carbonyl (C=O) groups excluding carboxylic acids is 2. The quantitative estimate of drug-likeness (QED) is 0.301. The first-order valence-corrected chi connectivity index (χ1v) is 11.2. The van der Waals surface area contributed by atoms with Crippen molar-refractivity contribution in [1.82, 2.24) is 4.90 Å². The van der Waals surface area contributed by atoms with E-state index in [0.29, 0.717) is 23.5 Å². The van der Waals surface area contributed by atoms with Gasteiger partial charge in [0.15, 0.2) is 11.5 Å².